The highest BCUT2D eigenvalue weighted by molar-refractivity contribution is 7.18. The van der Waals surface area contributed by atoms with Crippen LogP contribution in [0.25, 0.3) is 0 Å². The van der Waals surface area contributed by atoms with Gasteiger partial charge in [-0.3, -0.25) is 9.59 Å². The van der Waals surface area contributed by atoms with Crippen molar-refractivity contribution in [3.63, 3.8) is 0 Å². The number of anilines is 1. The maximum Gasteiger partial charge on any atom is 0.261 e. The summed E-state index contributed by atoms with van der Waals surface area (Å²) >= 11 is 6.81. The van der Waals surface area contributed by atoms with E-state index in [1.54, 1.807) is 12.1 Å². The van der Waals surface area contributed by atoms with E-state index in [0.717, 1.165) is 12.8 Å². The summed E-state index contributed by atoms with van der Waals surface area (Å²) in [5.41, 5.74) is 0. The number of amides is 2. The van der Waals surface area contributed by atoms with Crippen molar-refractivity contribution < 1.29 is 9.59 Å². The van der Waals surface area contributed by atoms with Gasteiger partial charge in [0, 0.05) is 11.0 Å². The maximum atomic E-state index is 11.7. The number of hydrogen-bond acceptors (Lipinski definition) is 3. The van der Waals surface area contributed by atoms with Crippen LogP contribution in [0.4, 0.5) is 5.00 Å². The Morgan fingerprint density at radius 1 is 1.44 bits per heavy atom. The zero-order valence-electron chi connectivity index (χ0n) is 9.66. The molecule has 2 N–H and O–H groups in total. The minimum atomic E-state index is -0.214. The van der Waals surface area contributed by atoms with E-state index in [4.69, 9.17) is 11.6 Å². The molecule has 2 amide bonds. The van der Waals surface area contributed by atoms with Crippen LogP contribution in [0, 0.1) is 5.92 Å². The molecule has 96 valence electrons. The molecule has 0 radical (unpaired) electrons. The summed E-state index contributed by atoms with van der Waals surface area (Å²) in [6.07, 6.45) is 1.92. The first kappa shape index (κ1) is 13.1. The lowest BCUT2D eigenvalue weighted by Gasteiger charge is -2.01. The van der Waals surface area contributed by atoms with Crippen LogP contribution >= 0.6 is 22.9 Å². The summed E-state index contributed by atoms with van der Waals surface area (Å²) in [5.74, 6) is -0.0180. The summed E-state index contributed by atoms with van der Waals surface area (Å²) in [6, 6.07) is 3.41. The van der Waals surface area contributed by atoms with E-state index < -0.39 is 0 Å². The van der Waals surface area contributed by atoms with Crippen LogP contribution in [0.2, 0.25) is 0 Å². The third kappa shape index (κ3) is 3.58. The molecule has 0 atom stereocenters. The Morgan fingerprint density at radius 3 is 2.78 bits per heavy atom. The van der Waals surface area contributed by atoms with Crippen molar-refractivity contribution in [1.82, 2.24) is 5.32 Å². The smallest absolute Gasteiger partial charge is 0.261 e. The minimum Gasteiger partial charge on any atom is -0.346 e. The van der Waals surface area contributed by atoms with Gasteiger partial charge in [-0.1, -0.05) is 18.2 Å². The molecule has 18 heavy (non-hydrogen) atoms. The van der Waals surface area contributed by atoms with Gasteiger partial charge in [0.25, 0.3) is 5.91 Å². The van der Waals surface area contributed by atoms with Crippen molar-refractivity contribution in [1.29, 1.82) is 0 Å². The van der Waals surface area contributed by atoms with Gasteiger partial charge in [0.2, 0.25) is 5.91 Å². The number of halogens is 1. The molecule has 4 nitrogen and oxygen atoms in total. The standard InChI is InChI=1S/C12H13ClN2O2S/c1-7(13)6-14-12(17)9-4-5-10(18-9)15-11(16)8-2-3-8/h4-5,8H,1-3,6H2,(H,14,17)(H,15,16). The third-order valence-electron chi connectivity index (χ3n) is 2.47. The molecule has 1 aromatic rings. The van der Waals surface area contributed by atoms with Crippen LogP contribution in [-0.4, -0.2) is 18.4 Å². The molecular weight excluding hydrogens is 272 g/mol. The summed E-state index contributed by atoms with van der Waals surface area (Å²) in [5, 5.41) is 6.50. The van der Waals surface area contributed by atoms with Crippen LogP contribution in [-0.2, 0) is 4.79 Å². The second kappa shape index (κ2) is 5.54. The second-order valence-corrected chi connectivity index (χ2v) is 5.75. The van der Waals surface area contributed by atoms with Crippen molar-refractivity contribution in [3.8, 4) is 0 Å². The van der Waals surface area contributed by atoms with Gasteiger partial charge in [0.1, 0.15) is 0 Å². The van der Waals surface area contributed by atoms with Gasteiger partial charge in [-0.25, -0.2) is 0 Å². The average molecular weight is 285 g/mol. The average Bonchev–Trinajstić information content (AvgIpc) is 3.07. The SMILES string of the molecule is C=C(Cl)CNC(=O)c1ccc(NC(=O)C2CC2)s1. The Bertz CT molecular complexity index is 494. The van der Waals surface area contributed by atoms with Crippen molar-refractivity contribution in [3.05, 3.63) is 28.6 Å². The molecule has 0 aromatic carbocycles. The van der Waals surface area contributed by atoms with E-state index in [1.807, 2.05) is 0 Å². The van der Waals surface area contributed by atoms with Gasteiger partial charge in [-0.2, -0.15) is 0 Å². The number of hydrogen-bond donors (Lipinski definition) is 2. The largest absolute Gasteiger partial charge is 0.346 e. The molecule has 0 aliphatic heterocycles. The van der Waals surface area contributed by atoms with E-state index >= 15 is 0 Å². The minimum absolute atomic E-state index is 0.0398. The number of nitrogens with one attached hydrogen (secondary N) is 2. The third-order valence-corrected chi connectivity index (χ3v) is 3.60. The van der Waals surface area contributed by atoms with E-state index in [2.05, 4.69) is 17.2 Å². The zero-order valence-corrected chi connectivity index (χ0v) is 11.2. The van der Waals surface area contributed by atoms with Crippen LogP contribution in [0.1, 0.15) is 22.5 Å². The van der Waals surface area contributed by atoms with Gasteiger partial charge in [-0.15, -0.1) is 11.3 Å². The summed E-state index contributed by atoms with van der Waals surface area (Å²) in [7, 11) is 0. The zero-order chi connectivity index (χ0) is 13.1. The van der Waals surface area contributed by atoms with E-state index in [9.17, 15) is 9.59 Å². The van der Waals surface area contributed by atoms with Gasteiger partial charge in [-0.05, 0) is 25.0 Å². The molecule has 1 heterocycles. The Morgan fingerprint density at radius 2 is 2.17 bits per heavy atom. The molecule has 1 fully saturated rings. The van der Waals surface area contributed by atoms with Crippen LogP contribution < -0.4 is 10.6 Å². The van der Waals surface area contributed by atoms with Gasteiger partial charge >= 0.3 is 0 Å². The second-order valence-electron chi connectivity index (χ2n) is 4.13. The predicted octanol–water partition coefficient (Wildman–Crippen LogP) is 2.58. The predicted molar refractivity (Wildman–Crippen MR) is 73.0 cm³/mol. The lowest BCUT2D eigenvalue weighted by molar-refractivity contribution is -0.117. The first-order valence-corrected chi connectivity index (χ1v) is 6.78. The van der Waals surface area contributed by atoms with Crippen molar-refractivity contribution >= 4 is 39.8 Å². The maximum absolute atomic E-state index is 11.7. The van der Waals surface area contributed by atoms with E-state index in [0.29, 0.717) is 14.9 Å². The van der Waals surface area contributed by atoms with Crippen molar-refractivity contribution in [2.75, 3.05) is 11.9 Å². The molecule has 0 saturated heterocycles. The lowest BCUT2D eigenvalue weighted by atomic mass is 10.4. The molecule has 0 bridgehead atoms. The molecule has 2 rings (SSSR count). The molecule has 1 saturated carbocycles. The Balaban J connectivity index is 1.90. The Hall–Kier alpha value is -1.33. The normalized spacial score (nSPS) is 14.1. The first-order valence-electron chi connectivity index (χ1n) is 5.58. The van der Waals surface area contributed by atoms with Gasteiger partial charge in [0.15, 0.2) is 0 Å². The fraction of sp³-hybridized carbons (Fsp3) is 0.333. The summed E-state index contributed by atoms with van der Waals surface area (Å²) in [6.45, 7) is 3.73. The number of carbonyl (C=O) groups is 2. The van der Waals surface area contributed by atoms with Crippen LogP contribution in [0.3, 0.4) is 0 Å². The Kier molecular flexibility index (Phi) is 4.04. The fourth-order valence-corrected chi connectivity index (χ4v) is 2.25. The van der Waals surface area contributed by atoms with Gasteiger partial charge < -0.3 is 10.6 Å². The summed E-state index contributed by atoms with van der Waals surface area (Å²) < 4.78 is 0. The number of carbonyl (C=O) groups excluding carboxylic acids is 2. The molecule has 0 unspecified atom stereocenters. The molecule has 6 heteroatoms. The highest BCUT2D eigenvalue weighted by Crippen LogP contribution is 2.31. The molecule has 1 aromatic heterocycles. The summed E-state index contributed by atoms with van der Waals surface area (Å²) in [4.78, 5) is 23.8. The highest BCUT2D eigenvalue weighted by Gasteiger charge is 2.29. The first-order chi connectivity index (χ1) is 8.56. The van der Waals surface area contributed by atoms with E-state index in [1.165, 1.54) is 11.3 Å². The molecule has 1 aliphatic rings. The van der Waals surface area contributed by atoms with Crippen molar-refractivity contribution in [2.45, 2.75) is 12.8 Å². The van der Waals surface area contributed by atoms with E-state index in [-0.39, 0.29) is 24.3 Å². The van der Waals surface area contributed by atoms with Crippen LogP contribution in [0.5, 0.6) is 0 Å². The molecule has 0 spiro atoms. The highest BCUT2D eigenvalue weighted by atomic mass is 35.5. The topological polar surface area (TPSA) is 58.2 Å². The van der Waals surface area contributed by atoms with Crippen molar-refractivity contribution in [2.24, 2.45) is 5.92 Å². The quantitative estimate of drug-likeness (QED) is 0.873. The van der Waals surface area contributed by atoms with Crippen LogP contribution in [0.15, 0.2) is 23.7 Å². The number of thiophene rings is 1. The fourth-order valence-electron chi connectivity index (χ4n) is 1.36. The molecular formula is C12H13ClN2O2S. The number of rotatable bonds is 5. The lowest BCUT2D eigenvalue weighted by Crippen LogP contribution is -2.23. The monoisotopic (exact) mass is 284 g/mol. The Labute approximate surface area is 114 Å². The van der Waals surface area contributed by atoms with Gasteiger partial charge in [0.05, 0.1) is 16.4 Å². The molecule has 1 aliphatic carbocycles.